The Kier molecular flexibility index (Phi) is 5.63. The van der Waals surface area contributed by atoms with Crippen molar-refractivity contribution in [2.24, 2.45) is 5.41 Å². The van der Waals surface area contributed by atoms with Gasteiger partial charge in [0, 0.05) is 11.6 Å². The summed E-state index contributed by atoms with van der Waals surface area (Å²) in [4.78, 5) is 0. The van der Waals surface area contributed by atoms with Gasteiger partial charge in [0.15, 0.2) is 0 Å². The maximum Gasteiger partial charge on any atom is 0.0704 e. The fraction of sp³-hybridized carbons (Fsp3) is 1.00. The van der Waals surface area contributed by atoms with Gasteiger partial charge in [-0.25, -0.2) is 0 Å². The Bertz CT molecular complexity index is 234. The summed E-state index contributed by atoms with van der Waals surface area (Å²) in [6, 6.07) is 0.630. The molecular weight excluding hydrogens is 226 g/mol. The summed E-state index contributed by atoms with van der Waals surface area (Å²) in [6.07, 6.45) is 2.70. The van der Waals surface area contributed by atoms with Crippen LogP contribution in [0.3, 0.4) is 0 Å². The largest absolute Gasteiger partial charge is 0.379 e. The Balaban J connectivity index is 1.94. The van der Waals surface area contributed by atoms with Gasteiger partial charge in [-0.1, -0.05) is 20.8 Å². The van der Waals surface area contributed by atoms with Crippen LogP contribution in [-0.4, -0.2) is 37.5 Å². The zero-order chi connectivity index (χ0) is 13.8. The van der Waals surface area contributed by atoms with Gasteiger partial charge >= 0.3 is 0 Å². The lowest BCUT2D eigenvalue weighted by Gasteiger charge is -2.40. The summed E-state index contributed by atoms with van der Waals surface area (Å²) in [5.74, 6) is 0. The lowest BCUT2D eigenvalue weighted by Crippen LogP contribution is -2.52. The predicted octanol–water partition coefficient (Wildman–Crippen LogP) is 2.98. The van der Waals surface area contributed by atoms with E-state index < -0.39 is 0 Å². The van der Waals surface area contributed by atoms with Gasteiger partial charge in [0.1, 0.15) is 0 Å². The van der Waals surface area contributed by atoms with Crippen LogP contribution in [0.4, 0.5) is 0 Å². The highest BCUT2D eigenvalue weighted by atomic mass is 16.5. The van der Waals surface area contributed by atoms with Crippen molar-refractivity contribution in [2.75, 3.05) is 19.8 Å². The number of hydrogen-bond donors (Lipinski definition) is 1. The third-order valence-electron chi connectivity index (χ3n) is 2.85. The molecule has 0 saturated heterocycles. The van der Waals surface area contributed by atoms with Gasteiger partial charge in [-0.3, -0.25) is 0 Å². The molecule has 108 valence electrons. The molecular formula is C15H31NO2. The fourth-order valence-electron chi connectivity index (χ4n) is 2.08. The minimum atomic E-state index is 0.214. The monoisotopic (exact) mass is 257 g/mol. The molecule has 1 saturated carbocycles. The topological polar surface area (TPSA) is 30.5 Å². The minimum Gasteiger partial charge on any atom is -0.379 e. The second kappa shape index (κ2) is 6.36. The molecule has 18 heavy (non-hydrogen) atoms. The molecule has 0 atom stereocenters. The molecule has 0 aromatic carbocycles. The Hall–Kier alpha value is -0.120. The first kappa shape index (κ1) is 15.9. The van der Waals surface area contributed by atoms with Crippen molar-refractivity contribution in [2.45, 2.75) is 72.1 Å². The van der Waals surface area contributed by atoms with E-state index in [0.717, 1.165) is 26.1 Å². The first-order valence-electron chi connectivity index (χ1n) is 7.13. The second-order valence-corrected chi connectivity index (χ2v) is 7.67. The van der Waals surface area contributed by atoms with Crippen LogP contribution in [0, 0.1) is 5.41 Å². The first-order chi connectivity index (χ1) is 8.16. The predicted molar refractivity (Wildman–Crippen MR) is 75.9 cm³/mol. The van der Waals surface area contributed by atoms with Gasteiger partial charge in [-0.2, -0.15) is 0 Å². The molecule has 0 aliphatic heterocycles. The maximum absolute atomic E-state index is 5.77. The molecule has 0 radical (unpaired) electrons. The average Bonchev–Trinajstić information content (AvgIpc) is 2.08. The highest BCUT2D eigenvalue weighted by Crippen LogP contribution is 2.25. The van der Waals surface area contributed by atoms with Gasteiger partial charge in [-0.05, 0) is 39.0 Å². The van der Waals surface area contributed by atoms with Crippen LogP contribution in [0.25, 0.3) is 0 Å². The maximum atomic E-state index is 5.77. The zero-order valence-electron chi connectivity index (χ0n) is 13.0. The molecule has 0 aromatic rings. The van der Waals surface area contributed by atoms with Crippen molar-refractivity contribution in [3.8, 4) is 0 Å². The van der Waals surface area contributed by atoms with E-state index in [1.807, 2.05) is 0 Å². The van der Waals surface area contributed by atoms with Crippen LogP contribution >= 0.6 is 0 Å². The number of nitrogens with one attached hydrogen (secondary N) is 1. The zero-order valence-corrected chi connectivity index (χ0v) is 13.0. The van der Waals surface area contributed by atoms with E-state index in [1.54, 1.807) is 0 Å². The van der Waals surface area contributed by atoms with Crippen LogP contribution in [0.2, 0.25) is 0 Å². The molecule has 0 bridgehead atoms. The SMILES string of the molecule is CC(C)(C)COCCOC1CC(NC(C)(C)C)C1. The minimum absolute atomic E-state index is 0.214. The van der Waals surface area contributed by atoms with Gasteiger partial charge in [0.05, 0.1) is 25.9 Å². The molecule has 0 heterocycles. The van der Waals surface area contributed by atoms with E-state index in [-0.39, 0.29) is 11.0 Å². The van der Waals surface area contributed by atoms with E-state index in [2.05, 4.69) is 46.9 Å². The Morgan fingerprint density at radius 2 is 1.61 bits per heavy atom. The van der Waals surface area contributed by atoms with E-state index in [4.69, 9.17) is 9.47 Å². The van der Waals surface area contributed by atoms with E-state index in [0.29, 0.717) is 18.8 Å². The number of ether oxygens (including phenoxy) is 2. The second-order valence-electron chi connectivity index (χ2n) is 7.67. The summed E-state index contributed by atoms with van der Waals surface area (Å²) in [6.45, 7) is 15.4. The summed E-state index contributed by atoms with van der Waals surface area (Å²) < 4.78 is 11.4. The molecule has 0 amide bonds. The van der Waals surface area contributed by atoms with Crippen molar-refractivity contribution in [1.29, 1.82) is 0 Å². The van der Waals surface area contributed by atoms with E-state index in [9.17, 15) is 0 Å². The van der Waals surface area contributed by atoms with E-state index in [1.165, 1.54) is 0 Å². The quantitative estimate of drug-likeness (QED) is 0.742. The normalized spacial score (nSPS) is 25.0. The Labute approximate surface area is 113 Å². The van der Waals surface area contributed by atoms with Crippen molar-refractivity contribution in [1.82, 2.24) is 5.32 Å². The summed E-state index contributed by atoms with van der Waals surface area (Å²) in [5, 5.41) is 3.60. The molecule has 1 aliphatic carbocycles. The fourth-order valence-corrected chi connectivity index (χ4v) is 2.08. The van der Waals surface area contributed by atoms with Gasteiger partial charge in [0.25, 0.3) is 0 Å². The molecule has 3 heteroatoms. The summed E-state index contributed by atoms with van der Waals surface area (Å²) >= 11 is 0. The molecule has 1 aliphatic rings. The van der Waals surface area contributed by atoms with Gasteiger partial charge in [0.2, 0.25) is 0 Å². The molecule has 0 unspecified atom stereocenters. The van der Waals surface area contributed by atoms with Crippen LogP contribution in [0.15, 0.2) is 0 Å². The summed E-state index contributed by atoms with van der Waals surface area (Å²) in [5.41, 5.74) is 0.462. The lowest BCUT2D eigenvalue weighted by atomic mass is 9.87. The van der Waals surface area contributed by atoms with Crippen molar-refractivity contribution < 1.29 is 9.47 Å². The molecule has 0 spiro atoms. The molecule has 3 nitrogen and oxygen atoms in total. The lowest BCUT2D eigenvalue weighted by molar-refractivity contribution is -0.0520. The van der Waals surface area contributed by atoms with Crippen molar-refractivity contribution in [3.63, 3.8) is 0 Å². The Morgan fingerprint density at radius 1 is 1.00 bits per heavy atom. The third kappa shape index (κ3) is 7.34. The van der Waals surface area contributed by atoms with Gasteiger partial charge < -0.3 is 14.8 Å². The van der Waals surface area contributed by atoms with Crippen molar-refractivity contribution >= 4 is 0 Å². The van der Waals surface area contributed by atoms with E-state index >= 15 is 0 Å². The van der Waals surface area contributed by atoms with Crippen molar-refractivity contribution in [3.05, 3.63) is 0 Å². The van der Waals surface area contributed by atoms with Crippen LogP contribution in [0.1, 0.15) is 54.4 Å². The molecule has 1 fully saturated rings. The molecule has 0 aromatic heterocycles. The first-order valence-corrected chi connectivity index (χ1v) is 7.13. The third-order valence-corrected chi connectivity index (χ3v) is 2.85. The van der Waals surface area contributed by atoms with Crippen LogP contribution < -0.4 is 5.32 Å². The van der Waals surface area contributed by atoms with Gasteiger partial charge in [-0.15, -0.1) is 0 Å². The van der Waals surface area contributed by atoms with Crippen LogP contribution in [0.5, 0.6) is 0 Å². The number of hydrogen-bond acceptors (Lipinski definition) is 3. The Morgan fingerprint density at radius 3 is 2.11 bits per heavy atom. The van der Waals surface area contributed by atoms with Crippen LogP contribution in [-0.2, 0) is 9.47 Å². The molecule has 1 rings (SSSR count). The standard InChI is InChI=1S/C15H31NO2/c1-14(2,3)11-17-7-8-18-13-9-12(10-13)16-15(4,5)6/h12-13,16H,7-11H2,1-6H3. The smallest absolute Gasteiger partial charge is 0.0704 e. The average molecular weight is 257 g/mol. The number of rotatable bonds is 6. The highest BCUT2D eigenvalue weighted by molar-refractivity contribution is 4.90. The highest BCUT2D eigenvalue weighted by Gasteiger charge is 2.31. The molecule has 1 N–H and O–H groups in total. The summed E-state index contributed by atoms with van der Waals surface area (Å²) in [7, 11) is 0.